The molecule has 0 bridgehead atoms. The largest absolute Gasteiger partial charge is 0.485 e. The smallest absolute Gasteiger partial charge is 0.135 e. The molecule has 1 fully saturated rings. The van der Waals surface area contributed by atoms with Gasteiger partial charge < -0.3 is 10.1 Å². The monoisotopic (exact) mass is 683 g/mol. The summed E-state index contributed by atoms with van der Waals surface area (Å²) in [7, 11) is 0. The molecular weight excluding hydrogens is 643 g/mol. The van der Waals surface area contributed by atoms with E-state index in [1.807, 2.05) is 0 Å². The van der Waals surface area contributed by atoms with Crippen molar-refractivity contribution in [3.63, 3.8) is 0 Å². The SMILES string of the molecule is CC1(C)c2ccccc2-c2cc(-c3ccccc3Nc3cc(C4=CC=CC5C6=CCCC=C6OC45)cc(-c4cccc(-c5ccccc5)c4)c3)ccc21. The van der Waals surface area contributed by atoms with E-state index >= 15 is 0 Å². The van der Waals surface area contributed by atoms with Crippen LogP contribution in [0.4, 0.5) is 11.4 Å². The predicted molar refractivity (Wildman–Crippen MR) is 221 cm³/mol. The van der Waals surface area contributed by atoms with E-state index in [1.165, 1.54) is 66.8 Å². The number of rotatable bonds is 6. The van der Waals surface area contributed by atoms with E-state index in [0.29, 0.717) is 0 Å². The van der Waals surface area contributed by atoms with Gasteiger partial charge in [0.2, 0.25) is 0 Å². The second-order valence-corrected chi connectivity index (χ2v) is 15.2. The molecule has 53 heavy (non-hydrogen) atoms. The van der Waals surface area contributed by atoms with Gasteiger partial charge in [-0.15, -0.1) is 0 Å². The number of benzene rings is 6. The van der Waals surface area contributed by atoms with Crippen LogP contribution in [0.3, 0.4) is 0 Å². The summed E-state index contributed by atoms with van der Waals surface area (Å²) in [6.07, 6.45) is 13.5. The van der Waals surface area contributed by atoms with Crippen LogP contribution in [0.5, 0.6) is 0 Å². The molecule has 1 saturated heterocycles. The molecule has 0 radical (unpaired) electrons. The number of ether oxygens (including phenoxy) is 1. The van der Waals surface area contributed by atoms with Crippen molar-refractivity contribution in [2.24, 2.45) is 5.92 Å². The maximum Gasteiger partial charge on any atom is 0.135 e. The Hall–Kier alpha value is -6.12. The summed E-state index contributed by atoms with van der Waals surface area (Å²) in [5.41, 5.74) is 18.4. The van der Waals surface area contributed by atoms with Gasteiger partial charge in [0, 0.05) is 39.4 Å². The number of fused-ring (bicyclic) bond motifs is 6. The van der Waals surface area contributed by atoms with Crippen LogP contribution in [-0.2, 0) is 10.2 Å². The summed E-state index contributed by atoms with van der Waals surface area (Å²) >= 11 is 0. The second-order valence-electron chi connectivity index (χ2n) is 15.2. The molecule has 2 unspecified atom stereocenters. The van der Waals surface area contributed by atoms with Gasteiger partial charge >= 0.3 is 0 Å². The molecule has 1 N–H and O–H groups in total. The lowest BCUT2D eigenvalue weighted by Crippen LogP contribution is -2.19. The molecular formula is C51H41NO. The Morgan fingerprint density at radius 1 is 0.547 bits per heavy atom. The molecule has 256 valence electrons. The number of anilines is 2. The molecule has 0 saturated carbocycles. The Balaban J connectivity index is 1.07. The molecule has 1 aliphatic heterocycles. The van der Waals surface area contributed by atoms with Gasteiger partial charge in [-0.3, -0.25) is 0 Å². The highest BCUT2D eigenvalue weighted by atomic mass is 16.5. The van der Waals surface area contributed by atoms with Gasteiger partial charge in [-0.25, -0.2) is 0 Å². The van der Waals surface area contributed by atoms with E-state index in [4.69, 9.17) is 4.74 Å². The fourth-order valence-corrected chi connectivity index (χ4v) is 8.99. The lowest BCUT2D eigenvalue weighted by molar-refractivity contribution is 0.192. The average Bonchev–Trinajstić information content (AvgIpc) is 3.70. The van der Waals surface area contributed by atoms with Crippen molar-refractivity contribution in [3.8, 4) is 44.5 Å². The number of allylic oxidation sites excluding steroid dienone is 5. The van der Waals surface area contributed by atoms with Gasteiger partial charge in [0.05, 0.1) is 0 Å². The van der Waals surface area contributed by atoms with Crippen LogP contribution in [0, 0.1) is 5.92 Å². The number of hydrogen-bond donors (Lipinski definition) is 1. The molecule has 2 atom stereocenters. The number of nitrogens with one attached hydrogen (secondary N) is 1. The number of hydrogen-bond acceptors (Lipinski definition) is 2. The first-order chi connectivity index (χ1) is 26.0. The van der Waals surface area contributed by atoms with Crippen molar-refractivity contribution < 1.29 is 4.74 Å². The van der Waals surface area contributed by atoms with Crippen LogP contribution in [-0.4, -0.2) is 6.10 Å². The molecule has 0 spiro atoms. The van der Waals surface area contributed by atoms with Gasteiger partial charge in [-0.05, 0) is 111 Å². The maximum atomic E-state index is 6.72. The van der Waals surface area contributed by atoms with Crippen LogP contribution in [0.1, 0.15) is 43.4 Å². The summed E-state index contributed by atoms with van der Waals surface area (Å²) in [4.78, 5) is 0. The molecule has 3 aliphatic carbocycles. The zero-order chi connectivity index (χ0) is 35.5. The summed E-state index contributed by atoms with van der Waals surface area (Å²) in [5, 5.41) is 3.91. The van der Waals surface area contributed by atoms with E-state index in [-0.39, 0.29) is 17.4 Å². The molecule has 2 nitrogen and oxygen atoms in total. The van der Waals surface area contributed by atoms with E-state index < -0.39 is 0 Å². The Bertz CT molecular complexity index is 2550. The molecule has 2 heteroatoms. The molecule has 10 rings (SSSR count). The van der Waals surface area contributed by atoms with E-state index in [1.54, 1.807) is 0 Å². The highest BCUT2D eigenvalue weighted by molar-refractivity contribution is 5.90. The second kappa shape index (κ2) is 12.5. The molecule has 6 aromatic carbocycles. The fourth-order valence-electron chi connectivity index (χ4n) is 8.99. The van der Waals surface area contributed by atoms with Crippen LogP contribution in [0.25, 0.3) is 50.1 Å². The van der Waals surface area contributed by atoms with E-state index in [9.17, 15) is 0 Å². The first-order valence-corrected chi connectivity index (χ1v) is 18.9. The van der Waals surface area contributed by atoms with Crippen LogP contribution >= 0.6 is 0 Å². The Morgan fingerprint density at radius 2 is 1.25 bits per heavy atom. The maximum absolute atomic E-state index is 6.72. The molecule has 0 aromatic heterocycles. The molecule has 4 aliphatic rings. The van der Waals surface area contributed by atoms with Gasteiger partial charge in [0.1, 0.15) is 11.9 Å². The van der Waals surface area contributed by atoms with Crippen LogP contribution in [0.15, 0.2) is 181 Å². The van der Waals surface area contributed by atoms with Crippen molar-refractivity contribution >= 4 is 16.9 Å². The topological polar surface area (TPSA) is 21.3 Å². The standard InChI is InChI=1S/C51H41NO/c1-51(2)46-23-9-6-19-42(46)45-32-36(26-27-47(45)51)40-18-7-10-24-48(40)52-39-30-37(35-17-12-16-34(28-35)33-14-4-3-5-15-33)29-38(31-39)41-21-13-22-44-43-20-8-11-25-49(43)53-50(41)44/h3-7,9-10,12-32,44,50,52H,8,11H2,1-2H3. The summed E-state index contributed by atoms with van der Waals surface area (Å²) < 4.78 is 6.72. The minimum atomic E-state index is -0.0415. The van der Waals surface area contributed by atoms with Crippen LogP contribution in [0.2, 0.25) is 0 Å². The van der Waals surface area contributed by atoms with E-state index in [0.717, 1.165) is 35.5 Å². The van der Waals surface area contributed by atoms with Crippen molar-refractivity contribution in [1.82, 2.24) is 0 Å². The predicted octanol–water partition coefficient (Wildman–Crippen LogP) is 13.3. The molecule has 1 heterocycles. The Morgan fingerprint density at radius 3 is 2.13 bits per heavy atom. The van der Waals surface area contributed by atoms with Gasteiger partial charge in [-0.1, -0.05) is 141 Å². The van der Waals surface area contributed by atoms with Crippen molar-refractivity contribution in [3.05, 3.63) is 198 Å². The molecule has 6 aromatic rings. The normalized spacial score (nSPS) is 18.8. The van der Waals surface area contributed by atoms with Crippen LogP contribution < -0.4 is 5.32 Å². The third-order valence-corrected chi connectivity index (χ3v) is 11.7. The zero-order valence-electron chi connectivity index (χ0n) is 30.1. The van der Waals surface area contributed by atoms with Gasteiger partial charge in [-0.2, -0.15) is 0 Å². The summed E-state index contributed by atoms with van der Waals surface area (Å²) in [6, 6.07) is 51.1. The van der Waals surface area contributed by atoms with Crippen molar-refractivity contribution in [2.45, 2.75) is 38.2 Å². The van der Waals surface area contributed by atoms with Gasteiger partial charge in [0.15, 0.2) is 0 Å². The molecule has 0 amide bonds. The minimum Gasteiger partial charge on any atom is -0.485 e. The quantitative estimate of drug-likeness (QED) is 0.189. The Kier molecular flexibility index (Phi) is 7.47. The zero-order valence-corrected chi connectivity index (χ0v) is 30.1. The highest BCUT2D eigenvalue weighted by Crippen LogP contribution is 2.50. The van der Waals surface area contributed by atoms with Crippen molar-refractivity contribution in [1.29, 1.82) is 0 Å². The lowest BCUT2D eigenvalue weighted by Gasteiger charge is -2.24. The first kappa shape index (κ1) is 31.6. The summed E-state index contributed by atoms with van der Waals surface area (Å²) in [6.45, 7) is 4.68. The lowest BCUT2D eigenvalue weighted by atomic mass is 9.82. The minimum absolute atomic E-state index is 0.0211. The van der Waals surface area contributed by atoms with Gasteiger partial charge in [0.25, 0.3) is 0 Å². The average molecular weight is 684 g/mol. The summed E-state index contributed by atoms with van der Waals surface area (Å²) in [5.74, 6) is 1.29. The number of para-hydroxylation sites is 1. The highest BCUT2D eigenvalue weighted by Gasteiger charge is 2.40. The fraction of sp³-hybridized carbons (Fsp3) is 0.137. The Labute approximate surface area is 312 Å². The van der Waals surface area contributed by atoms with E-state index in [2.05, 4.69) is 189 Å². The first-order valence-electron chi connectivity index (χ1n) is 18.9. The third kappa shape index (κ3) is 5.40. The third-order valence-electron chi connectivity index (χ3n) is 11.7. The van der Waals surface area contributed by atoms with Crippen molar-refractivity contribution in [2.75, 3.05) is 5.32 Å².